The minimum Gasteiger partial charge on any atom is -0.340 e. The van der Waals surface area contributed by atoms with Crippen LogP contribution in [0.5, 0.6) is 0 Å². The maximum absolute atomic E-state index is 13.7. The van der Waals surface area contributed by atoms with E-state index in [1.807, 2.05) is 0 Å². The molecule has 0 aliphatic carbocycles. The zero-order chi connectivity index (χ0) is 25.6. The van der Waals surface area contributed by atoms with Gasteiger partial charge < -0.3 is 15.1 Å². The number of halogens is 3. The smallest absolute Gasteiger partial charge is 0.322 e. The molecule has 3 aliphatic rings. The molecule has 36 heavy (non-hydrogen) atoms. The van der Waals surface area contributed by atoms with Gasteiger partial charge in [0.2, 0.25) is 0 Å². The Bertz CT molecular complexity index is 1260. The summed E-state index contributed by atoms with van der Waals surface area (Å²) >= 11 is 0. The van der Waals surface area contributed by atoms with Crippen LogP contribution in [0.15, 0.2) is 18.2 Å². The van der Waals surface area contributed by atoms with E-state index in [-0.39, 0.29) is 36.9 Å². The lowest BCUT2D eigenvalue weighted by atomic mass is 10.0. The number of likely N-dealkylation sites (tertiary alicyclic amines) is 1. The molecule has 1 aromatic carbocycles. The molecule has 4 heterocycles. The monoisotopic (exact) mass is 501 g/mol. The van der Waals surface area contributed by atoms with E-state index >= 15 is 0 Å². The number of carbonyl (C=O) groups is 2. The number of benzene rings is 1. The fraction of sp³-hybridized carbons (Fsp3) is 0.500. The van der Waals surface area contributed by atoms with Crippen molar-refractivity contribution in [2.24, 2.45) is 5.92 Å². The van der Waals surface area contributed by atoms with Crippen molar-refractivity contribution in [1.29, 1.82) is 5.26 Å². The molecule has 0 bridgehead atoms. The summed E-state index contributed by atoms with van der Waals surface area (Å²) in [5.41, 5.74) is 1.98. The zero-order valence-electron chi connectivity index (χ0n) is 19.8. The summed E-state index contributed by atoms with van der Waals surface area (Å²) in [7, 11) is 1.69. The van der Waals surface area contributed by atoms with Crippen LogP contribution in [0, 0.1) is 23.1 Å². The summed E-state index contributed by atoms with van der Waals surface area (Å²) in [5.74, 6) is -3.60. The third-order valence-corrected chi connectivity index (χ3v) is 7.00. The Hall–Kier alpha value is -3.59. The molecule has 0 radical (unpaired) electrons. The first-order valence-corrected chi connectivity index (χ1v) is 11.8. The normalized spacial score (nSPS) is 21.5. The van der Waals surface area contributed by atoms with Crippen LogP contribution in [-0.2, 0) is 19.5 Å². The summed E-state index contributed by atoms with van der Waals surface area (Å²) < 4.78 is 42.6. The van der Waals surface area contributed by atoms with Crippen molar-refractivity contribution in [1.82, 2.24) is 24.5 Å². The molecule has 1 aromatic heterocycles. The molecular weight excluding hydrogens is 475 g/mol. The van der Waals surface area contributed by atoms with E-state index < -0.39 is 17.8 Å². The summed E-state index contributed by atoms with van der Waals surface area (Å²) in [6.07, 6.45) is 0.305. The first-order chi connectivity index (χ1) is 17.1. The van der Waals surface area contributed by atoms with Crippen molar-refractivity contribution in [3.05, 3.63) is 46.5 Å². The number of rotatable bonds is 3. The molecule has 3 amide bonds. The lowest BCUT2D eigenvalue weighted by molar-refractivity contribution is 0.0102. The number of nitrogens with zero attached hydrogens (tertiary/aromatic N) is 6. The molecule has 1 N–H and O–H groups in total. The third kappa shape index (κ3) is 4.63. The molecule has 3 aliphatic heterocycles. The van der Waals surface area contributed by atoms with Crippen molar-refractivity contribution in [2.45, 2.75) is 31.9 Å². The van der Waals surface area contributed by atoms with Crippen LogP contribution < -0.4 is 5.32 Å². The Morgan fingerprint density at radius 1 is 1.31 bits per heavy atom. The molecule has 1 fully saturated rings. The highest BCUT2D eigenvalue weighted by molar-refractivity contribution is 5.95. The molecule has 9 nitrogen and oxygen atoms in total. The van der Waals surface area contributed by atoms with Gasteiger partial charge in [-0.15, -0.1) is 0 Å². The number of urea groups is 1. The SMILES string of the molecule is CN1CC(CN2CCC(F)(F)C2)Cn2nc3c(c2C1=O)CN(C(=O)Nc1ccc(F)c(C#N)c1)CC3. The van der Waals surface area contributed by atoms with Crippen LogP contribution in [0.25, 0.3) is 0 Å². The molecule has 190 valence electrons. The summed E-state index contributed by atoms with van der Waals surface area (Å²) in [6.45, 7) is 1.92. The van der Waals surface area contributed by atoms with Crippen molar-refractivity contribution >= 4 is 17.6 Å². The number of nitrogens with one attached hydrogen (secondary N) is 1. The first kappa shape index (κ1) is 24.1. The highest BCUT2D eigenvalue weighted by Crippen LogP contribution is 2.30. The number of amides is 3. The van der Waals surface area contributed by atoms with Crippen LogP contribution in [0.3, 0.4) is 0 Å². The molecule has 1 atom stereocenters. The van der Waals surface area contributed by atoms with Crippen molar-refractivity contribution < 1.29 is 22.8 Å². The summed E-state index contributed by atoms with van der Waals surface area (Å²) in [4.78, 5) is 31.1. The predicted molar refractivity (Wildman–Crippen MR) is 123 cm³/mol. The van der Waals surface area contributed by atoms with Crippen molar-refractivity contribution in [3.8, 4) is 6.07 Å². The van der Waals surface area contributed by atoms with E-state index in [0.717, 1.165) is 11.8 Å². The number of hydrogen-bond acceptors (Lipinski definition) is 5. The molecule has 1 saturated heterocycles. The molecule has 1 unspecified atom stereocenters. The second-order valence-electron chi connectivity index (χ2n) is 9.76. The van der Waals surface area contributed by atoms with Gasteiger partial charge in [0.15, 0.2) is 0 Å². The quantitative estimate of drug-likeness (QED) is 0.697. The highest BCUT2D eigenvalue weighted by Gasteiger charge is 2.40. The van der Waals surface area contributed by atoms with Crippen LogP contribution in [-0.4, -0.2) is 82.1 Å². The number of alkyl halides is 2. The Labute approximate surface area is 206 Å². The van der Waals surface area contributed by atoms with Crippen LogP contribution in [0.1, 0.15) is 33.7 Å². The van der Waals surface area contributed by atoms with Gasteiger partial charge in [0.25, 0.3) is 11.8 Å². The number of aromatic nitrogens is 2. The standard InChI is InChI=1S/C24H26F3N7O2/c1-31-10-15(11-32-7-5-24(26,27)14-32)12-34-21(22(31)35)18-13-33(6-4-20(18)30-34)23(36)29-17-2-3-19(25)16(8-17)9-28/h2-3,8,15H,4-7,10-14H2,1H3,(H,29,36). The Balaban J connectivity index is 1.32. The van der Waals surface area contributed by atoms with Gasteiger partial charge in [-0.2, -0.15) is 10.4 Å². The molecule has 0 saturated carbocycles. The van der Waals surface area contributed by atoms with E-state index in [1.165, 1.54) is 12.1 Å². The van der Waals surface area contributed by atoms with E-state index in [0.29, 0.717) is 56.1 Å². The van der Waals surface area contributed by atoms with Gasteiger partial charge >= 0.3 is 6.03 Å². The lowest BCUT2D eigenvalue weighted by Gasteiger charge is -2.28. The van der Waals surface area contributed by atoms with Gasteiger partial charge in [-0.05, 0) is 18.2 Å². The average Bonchev–Trinajstić information content (AvgIpc) is 3.33. The lowest BCUT2D eigenvalue weighted by Crippen LogP contribution is -2.40. The van der Waals surface area contributed by atoms with E-state index in [4.69, 9.17) is 5.26 Å². The Morgan fingerprint density at radius 3 is 2.83 bits per heavy atom. The maximum Gasteiger partial charge on any atom is 0.322 e. The second kappa shape index (κ2) is 9.13. The highest BCUT2D eigenvalue weighted by atomic mass is 19.3. The van der Waals surface area contributed by atoms with Crippen LogP contribution in [0.2, 0.25) is 0 Å². The Kier molecular flexibility index (Phi) is 6.12. The van der Waals surface area contributed by atoms with Gasteiger partial charge in [0.05, 0.1) is 24.3 Å². The van der Waals surface area contributed by atoms with Gasteiger partial charge in [0, 0.05) is 69.8 Å². The largest absolute Gasteiger partial charge is 0.340 e. The summed E-state index contributed by atoms with van der Waals surface area (Å²) in [6, 6.07) is 5.08. The average molecular weight is 502 g/mol. The van der Waals surface area contributed by atoms with Gasteiger partial charge in [-0.25, -0.2) is 18.0 Å². The van der Waals surface area contributed by atoms with Gasteiger partial charge in [-0.1, -0.05) is 0 Å². The fourth-order valence-corrected chi connectivity index (χ4v) is 5.26. The second-order valence-corrected chi connectivity index (χ2v) is 9.76. The fourth-order valence-electron chi connectivity index (χ4n) is 5.26. The molecule has 12 heteroatoms. The minimum absolute atomic E-state index is 0.0531. The number of nitriles is 1. The van der Waals surface area contributed by atoms with E-state index in [1.54, 1.807) is 32.5 Å². The van der Waals surface area contributed by atoms with Crippen LogP contribution in [0.4, 0.5) is 23.7 Å². The molecule has 2 aromatic rings. The first-order valence-electron chi connectivity index (χ1n) is 11.8. The van der Waals surface area contributed by atoms with E-state index in [9.17, 15) is 22.8 Å². The number of fused-ring (bicyclic) bond motifs is 3. The minimum atomic E-state index is -2.67. The van der Waals surface area contributed by atoms with E-state index in [2.05, 4.69) is 10.4 Å². The number of anilines is 1. The number of carbonyl (C=O) groups excluding carboxylic acids is 2. The Morgan fingerprint density at radius 2 is 2.11 bits per heavy atom. The molecule has 0 spiro atoms. The maximum atomic E-state index is 13.7. The van der Waals surface area contributed by atoms with Gasteiger partial charge in [0.1, 0.15) is 17.6 Å². The van der Waals surface area contributed by atoms with Crippen molar-refractivity contribution in [3.63, 3.8) is 0 Å². The topological polar surface area (TPSA) is 97.5 Å². The summed E-state index contributed by atoms with van der Waals surface area (Å²) in [5, 5.41) is 16.4. The van der Waals surface area contributed by atoms with Gasteiger partial charge in [-0.3, -0.25) is 14.4 Å². The molecular formula is C24H26F3N7O2. The zero-order valence-corrected chi connectivity index (χ0v) is 19.8. The van der Waals surface area contributed by atoms with Crippen molar-refractivity contribution in [2.75, 3.05) is 45.1 Å². The number of hydrogen-bond donors (Lipinski definition) is 1. The van der Waals surface area contributed by atoms with Crippen LogP contribution >= 0.6 is 0 Å². The predicted octanol–water partition coefficient (Wildman–Crippen LogP) is 2.53. The third-order valence-electron chi connectivity index (χ3n) is 7.00. The molecule has 5 rings (SSSR count).